The van der Waals surface area contributed by atoms with E-state index >= 15 is 0 Å². The summed E-state index contributed by atoms with van der Waals surface area (Å²) in [4.78, 5) is 12.1. The van der Waals surface area contributed by atoms with Gasteiger partial charge in [0, 0.05) is 17.0 Å². The van der Waals surface area contributed by atoms with Crippen molar-refractivity contribution in [3.63, 3.8) is 0 Å². The Morgan fingerprint density at radius 2 is 1.77 bits per heavy atom. The lowest BCUT2D eigenvalue weighted by molar-refractivity contribution is -0.120. The normalized spacial score (nSPS) is 14.0. The highest BCUT2D eigenvalue weighted by molar-refractivity contribution is 7.93. The van der Waals surface area contributed by atoms with Crippen LogP contribution in [0.1, 0.15) is 40.2 Å². The Kier molecular flexibility index (Phi) is 6.04. The van der Waals surface area contributed by atoms with E-state index in [0.29, 0.717) is 11.6 Å². The van der Waals surface area contributed by atoms with Crippen LogP contribution in [0.4, 0.5) is 0 Å². The van der Waals surface area contributed by atoms with Crippen LogP contribution in [0.3, 0.4) is 0 Å². The van der Waals surface area contributed by atoms with Crippen molar-refractivity contribution in [3.05, 3.63) is 34.9 Å². The van der Waals surface area contributed by atoms with Crippen LogP contribution in [-0.2, 0) is 20.0 Å². The second kappa shape index (κ2) is 7.01. The Bertz CT molecular complexity index is 639. The molecule has 0 fully saturated rings. The average molecular weight is 346 g/mol. The zero-order chi connectivity index (χ0) is 17.1. The molecule has 1 aromatic rings. The number of rotatable bonds is 6. The zero-order valence-corrected chi connectivity index (χ0v) is 15.3. The summed E-state index contributed by atoms with van der Waals surface area (Å²) in [5.74, 6) is -0.478. The Morgan fingerprint density at radius 3 is 2.27 bits per heavy atom. The first-order chi connectivity index (χ1) is 10.00. The third-order valence-electron chi connectivity index (χ3n) is 3.83. The number of amides is 1. The molecule has 0 spiro atoms. The van der Waals surface area contributed by atoms with Gasteiger partial charge in [0.15, 0.2) is 9.84 Å². The van der Waals surface area contributed by atoms with Crippen molar-refractivity contribution in [1.82, 2.24) is 5.32 Å². The van der Waals surface area contributed by atoms with Crippen molar-refractivity contribution in [1.29, 1.82) is 0 Å². The van der Waals surface area contributed by atoms with E-state index in [-0.39, 0.29) is 0 Å². The minimum atomic E-state index is -3.45. The summed E-state index contributed by atoms with van der Waals surface area (Å²) in [5, 5.41) is 1.72. The van der Waals surface area contributed by atoms with Crippen LogP contribution < -0.4 is 5.32 Å². The molecule has 0 saturated heterocycles. The Labute approximate surface area is 138 Å². The predicted molar refractivity (Wildman–Crippen MR) is 91.0 cm³/mol. The minimum absolute atomic E-state index is 0.313. The molecule has 0 saturated carbocycles. The fourth-order valence-corrected chi connectivity index (χ4v) is 3.70. The first-order valence-electron chi connectivity index (χ1n) is 7.25. The molecule has 124 valence electrons. The predicted octanol–water partition coefficient (Wildman–Crippen LogP) is 2.95. The standard InChI is InChI=1S/C16H24ClNO3S/c1-11(2)22(20,21)12(3)15(19)18-10-16(4,5)13-8-6-7-9-14(13)17/h6-9,11-12H,10H2,1-5H3,(H,18,19)/t12-/m0/s1. The van der Waals surface area contributed by atoms with Crippen molar-refractivity contribution in [3.8, 4) is 0 Å². The molecule has 6 heteroatoms. The van der Waals surface area contributed by atoms with Gasteiger partial charge in [-0.15, -0.1) is 0 Å². The lowest BCUT2D eigenvalue weighted by Crippen LogP contribution is -2.45. The number of hydrogen-bond donors (Lipinski definition) is 1. The first kappa shape index (κ1) is 19.0. The largest absolute Gasteiger partial charge is 0.354 e. The van der Waals surface area contributed by atoms with Gasteiger partial charge < -0.3 is 5.32 Å². The van der Waals surface area contributed by atoms with E-state index in [1.165, 1.54) is 6.92 Å². The highest BCUT2D eigenvalue weighted by Crippen LogP contribution is 2.29. The maximum Gasteiger partial charge on any atom is 0.238 e. The van der Waals surface area contributed by atoms with E-state index in [4.69, 9.17) is 11.6 Å². The molecule has 0 unspecified atom stereocenters. The Morgan fingerprint density at radius 1 is 1.23 bits per heavy atom. The lowest BCUT2D eigenvalue weighted by atomic mass is 9.84. The second-order valence-corrected chi connectivity index (χ2v) is 9.60. The molecule has 22 heavy (non-hydrogen) atoms. The van der Waals surface area contributed by atoms with E-state index in [0.717, 1.165) is 5.56 Å². The molecule has 0 aliphatic rings. The molecule has 1 atom stereocenters. The molecule has 1 rings (SSSR count). The van der Waals surface area contributed by atoms with Crippen molar-refractivity contribution >= 4 is 27.3 Å². The molecule has 1 amide bonds. The quantitative estimate of drug-likeness (QED) is 0.862. The number of sulfone groups is 1. The monoisotopic (exact) mass is 345 g/mol. The summed E-state index contributed by atoms with van der Waals surface area (Å²) >= 11 is 6.19. The van der Waals surface area contributed by atoms with Crippen LogP contribution in [0.25, 0.3) is 0 Å². The molecule has 0 radical (unpaired) electrons. The van der Waals surface area contributed by atoms with Gasteiger partial charge in [-0.1, -0.05) is 43.6 Å². The van der Waals surface area contributed by atoms with Gasteiger partial charge in [-0.3, -0.25) is 4.79 Å². The van der Waals surface area contributed by atoms with Gasteiger partial charge in [0.1, 0.15) is 5.25 Å². The molecule has 0 bridgehead atoms. The fraction of sp³-hybridized carbons (Fsp3) is 0.562. The van der Waals surface area contributed by atoms with Gasteiger partial charge in [-0.05, 0) is 32.4 Å². The summed E-state index contributed by atoms with van der Waals surface area (Å²) in [6.07, 6.45) is 0. The van der Waals surface area contributed by atoms with Crippen molar-refractivity contribution in [2.75, 3.05) is 6.54 Å². The number of carbonyl (C=O) groups excluding carboxylic acids is 1. The summed E-state index contributed by atoms with van der Waals surface area (Å²) in [6.45, 7) is 8.80. The van der Waals surface area contributed by atoms with Crippen molar-refractivity contribution < 1.29 is 13.2 Å². The maximum atomic E-state index is 12.1. The molecule has 1 aromatic carbocycles. The third-order valence-corrected chi connectivity index (χ3v) is 6.67. The molecule has 0 aliphatic carbocycles. The summed E-state index contributed by atoms with van der Waals surface area (Å²) in [5.41, 5.74) is 0.520. The van der Waals surface area contributed by atoms with Gasteiger partial charge in [-0.2, -0.15) is 0 Å². The van der Waals surface area contributed by atoms with E-state index in [2.05, 4.69) is 5.32 Å². The van der Waals surface area contributed by atoms with Crippen LogP contribution in [0.5, 0.6) is 0 Å². The Balaban J connectivity index is 2.81. The highest BCUT2D eigenvalue weighted by atomic mass is 35.5. The van der Waals surface area contributed by atoms with Gasteiger partial charge in [-0.25, -0.2) is 8.42 Å². The molecule has 0 aliphatic heterocycles. The average Bonchev–Trinajstić information content (AvgIpc) is 2.44. The number of halogens is 1. The lowest BCUT2D eigenvalue weighted by Gasteiger charge is -2.27. The van der Waals surface area contributed by atoms with Crippen molar-refractivity contribution in [2.24, 2.45) is 0 Å². The van der Waals surface area contributed by atoms with Crippen LogP contribution >= 0.6 is 11.6 Å². The second-order valence-electron chi connectivity index (χ2n) is 6.36. The van der Waals surface area contributed by atoms with Crippen LogP contribution in [0, 0.1) is 0 Å². The fourth-order valence-electron chi connectivity index (χ4n) is 2.11. The SMILES string of the molecule is CC(C)S(=O)(=O)[C@@H](C)C(=O)NCC(C)(C)c1ccccc1Cl. The van der Waals surface area contributed by atoms with Crippen LogP contribution in [0.2, 0.25) is 5.02 Å². The van der Waals surface area contributed by atoms with Crippen molar-refractivity contribution in [2.45, 2.75) is 50.5 Å². The van der Waals surface area contributed by atoms with E-state index in [1.54, 1.807) is 19.9 Å². The number of nitrogens with one attached hydrogen (secondary N) is 1. The summed E-state index contributed by atoms with van der Waals surface area (Å²) < 4.78 is 24.1. The van der Waals surface area contributed by atoms with E-state index in [1.807, 2.05) is 32.0 Å². The maximum absolute atomic E-state index is 12.1. The topological polar surface area (TPSA) is 63.2 Å². The van der Waals surface area contributed by atoms with Gasteiger partial charge in [0.2, 0.25) is 5.91 Å². The van der Waals surface area contributed by atoms with Gasteiger partial charge in [0.25, 0.3) is 0 Å². The molecular formula is C16H24ClNO3S. The van der Waals surface area contributed by atoms with E-state index in [9.17, 15) is 13.2 Å². The molecule has 4 nitrogen and oxygen atoms in total. The molecule has 0 aromatic heterocycles. The number of hydrogen-bond acceptors (Lipinski definition) is 3. The Hall–Kier alpha value is -1.07. The zero-order valence-electron chi connectivity index (χ0n) is 13.7. The highest BCUT2D eigenvalue weighted by Gasteiger charge is 2.32. The minimum Gasteiger partial charge on any atom is -0.354 e. The summed E-state index contributed by atoms with van der Waals surface area (Å²) in [6, 6.07) is 7.43. The molecular weight excluding hydrogens is 322 g/mol. The van der Waals surface area contributed by atoms with Crippen LogP contribution in [0.15, 0.2) is 24.3 Å². The smallest absolute Gasteiger partial charge is 0.238 e. The molecule has 0 heterocycles. The summed E-state index contributed by atoms with van der Waals surface area (Å²) in [7, 11) is -3.45. The van der Waals surface area contributed by atoms with Gasteiger partial charge >= 0.3 is 0 Å². The number of carbonyl (C=O) groups is 1. The van der Waals surface area contributed by atoms with Crippen LogP contribution in [-0.4, -0.2) is 31.4 Å². The number of benzene rings is 1. The third kappa shape index (κ3) is 4.23. The molecule has 1 N–H and O–H groups in total. The van der Waals surface area contributed by atoms with E-state index < -0.39 is 31.7 Å². The van der Waals surface area contributed by atoms with Gasteiger partial charge in [0.05, 0.1) is 5.25 Å². The first-order valence-corrected chi connectivity index (χ1v) is 9.24.